The van der Waals surface area contributed by atoms with Crippen LogP contribution in [0.25, 0.3) is 0 Å². The van der Waals surface area contributed by atoms with Crippen molar-refractivity contribution >= 4 is 27.6 Å². The number of carbonyl (C=O) groups excluding carboxylic acids is 2. The molecule has 0 saturated heterocycles. The number of anilines is 1. The van der Waals surface area contributed by atoms with Gasteiger partial charge in [-0.25, -0.2) is 13.2 Å². The third-order valence-corrected chi connectivity index (χ3v) is 6.22. The predicted molar refractivity (Wildman–Crippen MR) is 104 cm³/mol. The number of rotatable bonds is 6. The van der Waals surface area contributed by atoms with E-state index in [1.807, 2.05) is 0 Å². The van der Waals surface area contributed by atoms with Crippen LogP contribution in [-0.4, -0.2) is 44.7 Å². The normalized spacial score (nSPS) is 18.2. The van der Waals surface area contributed by atoms with Gasteiger partial charge in [0.2, 0.25) is 10.0 Å². The van der Waals surface area contributed by atoms with E-state index in [4.69, 9.17) is 4.74 Å². The number of sulfonamides is 1. The van der Waals surface area contributed by atoms with Crippen LogP contribution in [0.15, 0.2) is 18.2 Å². The molecule has 0 fully saturated rings. The fourth-order valence-electron chi connectivity index (χ4n) is 3.08. The van der Waals surface area contributed by atoms with Gasteiger partial charge < -0.3 is 10.1 Å². The van der Waals surface area contributed by atoms with Crippen molar-refractivity contribution in [2.24, 2.45) is 5.92 Å². The van der Waals surface area contributed by atoms with Crippen molar-refractivity contribution in [2.75, 3.05) is 17.2 Å². The molecule has 1 N–H and O–H groups in total. The second kappa shape index (κ2) is 7.80. The first kappa shape index (κ1) is 21.7. The molecule has 152 valence electrons. The molecule has 0 aliphatic carbocycles. The summed E-state index contributed by atoms with van der Waals surface area (Å²) < 4.78 is 30.3. The molecule has 1 heterocycles. The Kier molecular flexibility index (Phi) is 6.04. The standard InChI is InChI=1S/C19H25N3O5S/c1-12(2)19(4,11-20)21-17(23)10-27-18(24)14-6-7-16-15(9-14)8-13(3)22(16)28(5,25)26/h6-7,9,12-13H,8,10H2,1-5H3,(H,21,23)/t13-,19+/m1/s1. The molecule has 0 spiro atoms. The van der Waals surface area contributed by atoms with E-state index >= 15 is 0 Å². The maximum absolute atomic E-state index is 12.3. The van der Waals surface area contributed by atoms with Gasteiger partial charge in [-0.2, -0.15) is 5.26 Å². The molecule has 2 rings (SSSR count). The third kappa shape index (κ3) is 4.44. The van der Waals surface area contributed by atoms with Crippen LogP contribution in [0, 0.1) is 17.2 Å². The lowest BCUT2D eigenvalue weighted by Crippen LogP contribution is -2.50. The molecule has 0 bridgehead atoms. The number of fused-ring (bicyclic) bond motifs is 1. The summed E-state index contributed by atoms with van der Waals surface area (Å²) in [5, 5.41) is 11.8. The average molecular weight is 407 g/mol. The van der Waals surface area contributed by atoms with E-state index in [2.05, 4.69) is 11.4 Å². The van der Waals surface area contributed by atoms with E-state index in [9.17, 15) is 23.3 Å². The van der Waals surface area contributed by atoms with Gasteiger partial charge in [-0.3, -0.25) is 9.10 Å². The van der Waals surface area contributed by atoms with Gasteiger partial charge in [-0.05, 0) is 49.9 Å². The molecule has 1 aliphatic heterocycles. The van der Waals surface area contributed by atoms with Gasteiger partial charge in [0, 0.05) is 6.04 Å². The fourth-order valence-corrected chi connectivity index (χ4v) is 4.34. The van der Waals surface area contributed by atoms with Crippen molar-refractivity contribution in [3.63, 3.8) is 0 Å². The highest BCUT2D eigenvalue weighted by molar-refractivity contribution is 7.92. The van der Waals surface area contributed by atoms with Crippen LogP contribution in [0.2, 0.25) is 0 Å². The SMILES string of the molecule is CC(C)[C@](C)(C#N)NC(=O)COC(=O)c1ccc2c(c1)C[C@@H](C)N2S(C)(=O)=O. The van der Waals surface area contributed by atoms with E-state index in [0.717, 1.165) is 11.8 Å². The largest absolute Gasteiger partial charge is 0.452 e. The summed E-state index contributed by atoms with van der Waals surface area (Å²) in [6.07, 6.45) is 1.63. The molecular weight excluding hydrogens is 382 g/mol. The van der Waals surface area contributed by atoms with Gasteiger partial charge in [0.25, 0.3) is 5.91 Å². The summed E-state index contributed by atoms with van der Waals surface area (Å²) in [6, 6.07) is 6.45. The van der Waals surface area contributed by atoms with Gasteiger partial charge in [0.1, 0.15) is 5.54 Å². The summed E-state index contributed by atoms with van der Waals surface area (Å²) in [6.45, 7) is 6.50. The Bertz CT molecular complexity index is 935. The molecule has 1 amide bonds. The highest BCUT2D eigenvalue weighted by Gasteiger charge is 2.33. The van der Waals surface area contributed by atoms with Crippen LogP contribution in [0.5, 0.6) is 0 Å². The zero-order valence-electron chi connectivity index (χ0n) is 16.6. The van der Waals surface area contributed by atoms with Crippen molar-refractivity contribution in [3.05, 3.63) is 29.3 Å². The zero-order valence-corrected chi connectivity index (χ0v) is 17.5. The Labute approximate surface area is 165 Å². The highest BCUT2D eigenvalue weighted by Crippen LogP contribution is 2.34. The first-order valence-corrected chi connectivity index (χ1v) is 10.8. The number of hydrogen-bond acceptors (Lipinski definition) is 6. The third-order valence-electron chi connectivity index (χ3n) is 4.95. The number of esters is 1. The number of nitrogens with one attached hydrogen (secondary N) is 1. The van der Waals surface area contributed by atoms with Gasteiger partial charge >= 0.3 is 5.97 Å². The molecule has 9 heteroatoms. The molecule has 1 aliphatic rings. The zero-order chi connectivity index (χ0) is 21.3. The molecular formula is C19H25N3O5S. The minimum atomic E-state index is -3.41. The molecule has 2 atom stereocenters. The smallest absolute Gasteiger partial charge is 0.338 e. The lowest BCUT2D eigenvalue weighted by Gasteiger charge is -2.27. The summed E-state index contributed by atoms with van der Waals surface area (Å²) in [5.74, 6) is -1.37. The number of amides is 1. The summed E-state index contributed by atoms with van der Waals surface area (Å²) in [5.41, 5.74) is 0.461. The quantitative estimate of drug-likeness (QED) is 0.716. The average Bonchev–Trinajstić information content (AvgIpc) is 2.94. The second-order valence-electron chi connectivity index (χ2n) is 7.55. The van der Waals surface area contributed by atoms with Crippen molar-refractivity contribution in [1.82, 2.24) is 5.32 Å². The van der Waals surface area contributed by atoms with E-state index in [1.165, 1.54) is 10.4 Å². The Hall–Kier alpha value is -2.60. The number of ether oxygens (including phenoxy) is 1. The Morgan fingerprint density at radius 1 is 1.43 bits per heavy atom. The van der Waals surface area contributed by atoms with Crippen LogP contribution < -0.4 is 9.62 Å². The summed E-state index contributed by atoms with van der Waals surface area (Å²) in [7, 11) is -3.41. The minimum Gasteiger partial charge on any atom is -0.452 e. The lowest BCUT2D eigenvalue weighted by molar-refractivity contribution is -0.125. The van der Waals surface area contributed by atoms with Crippen LogP contribution >= 0.6 is 0 Å². The summed E-state index contributed by atoms with van der Waals surface area (Å²) >= 11 is 0. The molecule has 0 saturated carbocycles. The number of hydrogen-bond donors (Lipinski definition) is 1. The second-order valence-corrected chi connectivity index (χ2v) is 9.41. The monoisotopic (exact) mass is 407 g/mol. The summed E-state index contributed by atoms with van der Waals surface area (Å²) in [4.78, 5) is 24.3. The number of benzene rings is 1. The van der Waals surface area contributed by atoms with Crippen LogP contribution in [0.1, 0.15) is 43.6 Å². The van der Waals surface area contributed by atoms with E-state index in [1.54, 1.807) is 39.8 Å². The Morgan fingerprint density at radius 3 is 2.61 bits per heavy atom. The number of nitrogens with zero attached hydrogens (tertiary/aromatic N) is 2. The number of carbonyl (C=O) groups is 2. The van der Waals surface area contributed by atoms with E-state index in [0.29, 0.717) is 12.1 Å². The maximum atomic E-state index is 12.3. The molecule has 1 aromatic rings. The van der Waals surface area contributed by atoms with Crippen molar-refractivity contribution in [2.45, 2.75) is 45.7 Å². The fraction of sp³-hybridized carbons (Fsp3) is 0.526. The molecule has 0 unspecified atom stereocenters. The minimum absolute atomic E-state index is 0.117. The van der Waals surface area contributed by atoms with E-state index in [-0.39, 0.29) is 17.5 Å². The molecule has 0 radical (unpaired) electrons. The van der Waals surface area contributed by atoms with Crippen molar-refractivity contribution in [1.29, 1.82) is 5.26 Å². The lowest BCUT2D eigenvalue weighted by atomic mass is 9.90. The van der Waals surface area contributed by atoms with Gasteiger partial charge in [0.15, 0.2) is 6.61 Å². The number of nitriles is 1. The first-order chi connectivity index (χ1) is 12.9. The molecule has 1 aromatic carbocycles. The van der Waals surface area contributed by atoms with Gasteiger partial charge in [-0.1, -0.05) is 13.8 Å². The highest BCUT2D eigenvalue weighted by atomic mass is 32.2. The van der Waals surface area contributed by atoms with Crippen LogP contribution in [0.3, 0.4) is 0 Å². The molecule has 28 heavy (non-hydrogen) atoms. The van der Waals surface area contributed by atoms with Crippen LogP contribution in [-0.2, 0) is 26.0 Å². The Balaban J connectivity index is 2.06. The maximum Gasteiger partial charge on any atom is 0.338 e. The predicted octanol–water partition coefficient (Wildman–Crippen LogP) is 1.61. The van der Waals surface area contributed by atoms with Gasteiger partial charge in [-0.15, -0.1) is 0 Å². The first-order valence-electron chi connectivity index (χ1n) is 8.90. The van der Waals surface area contributed by atoms with Crippen molar-refractivity contribution < 1.29 is 22.7 Å². The Morgan fingerprint density at radius 2 is 2.07 bits per heavy atom. The molecule has 0 aromatic heterocycles. The van der Waals surface area contributed by atoms with Gasteiger partial charge in [0.05, 0.1) is 23.6 Å². The van der Waals surface area contributed by atoms with Crippen LogP contribution in [0.4, 0.5) is 5.69 Å². The van der Waals surface area contributed by atoms with Crippen molar-refractivity contribution in [3.8, 4) is 6.07 Å². The molecule has 8 nitrogen and oxygen atoms in total. The topological polar surface area (TPSA) is 117 Å². The van der Waals surface area contributed by atoms with E-state index < -0.39 is 34.0 Å².